The van der Waals surface area contributed by atoms with E-state index in [0.717, 1.165) is 5.69 Å². The SMILES string of the molecule is CC(C)(C)c1nscc1C(N)=O. The summed E-state index contributed by atoms with van der Waals surface area (Å²) in [7, 11) is 0. The quantitative estimate of drug-likeness (QED) is 0.719. The van der Waals surface area contributed by atoms with Crippen molar-refractivity contribution in [1.82, 2.24) is 4.37 Å². The van der Waals surface area contributed by atoms with Crippen LogP contribution in [0.5, 0.6) is 0 Å². The third-order valence-electron chi connectivity index (χ3n) is 1.55. The van der Waals surface area contributed by atoms with Crippen molar-refractivity contribution < 1.29 is 4.79 Å². The van der Waals surface area contributed by atoms with E-state index in [4.69, 9.17) is 5.73 Å². The minimum Gasteiger partial charge on any atom is -0.366 e. The van der Waals surface area contributed by atoms with Crippen LogP contribution in [0.1, 0.15) is 36.8 Å². The first kappa shape index (κ1) is 9.19. The zero-order valence-corrected chi connectivity index (χ0v) is 8.23. The highest BCUT2D eigenvalue weighted by Crippen LogP contribution is 2.25. The third-order valence-corrected chi connectivity index (χ3v) is 2.17. The lowest BCUT2D eigenvalue weighted by Gasteiger charge is -2.16. The van der Waals surface area contributed by atoms with Crippen LogP contribution in [-0.2, 0) is 5.41 Å². The number of hydrogen-bond acceptors (Lipinski definition) is 3. The second kappa shape index (κ2) is 2.86. The number of rotatable bonds is 1. The molecule has 0 saturated heterocycles. The van der Waals surface area contributed by atoms with Crippen molar-refractivity contribution >= 4 is 17.4 Å². The van der Waals surface area contributed by atoms with E-state index in [-0.39, 0.29) is 5.41 Å². The maximum atomic E-state index is 10.9. The van der Waals surface area contributed by atoms with Crippen LogP contribution in [0.4, 0.5) is 0 Å². The van der Waals surface area contributed by atoms with Gasteiger partial charge < -0.3 is 5.73 Å². The first-order chi connectivity index (χ1) is 5.43. The van der Waals surface area contributed by atoms with Gasteiger partial charge in [0.15, 0.2) is 0 Å². The summed E-state index contributed by atoms with van der Waals surface area (Å²) in [6.07, 6.45) is 0. The molecule has 1 heterocycles. The van der Waals surface area contributed by atoms with Crippen molar-refractivity contribution in [1.29, 1.82) is 0 Å². The molecule has 1 amide bonds. The van der Waals surface area contributed by atoms with E-state index in [2.05, 4.69) is 4.37 Å². The van der Waals surface area contributed by atoms with Crippen molar-refractivity contribution in [2.24, 2.45) is 5.73 Å². The molecule has 0 saturated carbocycles. The van der Waals surface area contributed by atoms with Gasteiger partial charge >= 0.3 is 0 Å². The zero-order chi connectivity index (χ0) is 9.35. The third kappa shape index (κ3) is 1.64. The van der Waals surface area contributed by atoms with E-state index in [0.29, 0.717) is 5.56 Å². The summed E-state index contributed by atoms with van der Waals surface area (Å²) in [6.45, 7) is 6.03. The summed E-state index contributed by atoms with van der Waals surface area (Å²) in [5.41, 5.74) is 6.42. The molecule has 66 valence electrons. The van der Waals surface area contributed by atoms with E-state index in [9.17, 15) is 4.79 Å². The van der Waals surface area contributed by atoms with Gasteiger partial charge in [-0.05, 0) is 11.5 Å². The highest BCUT2D eigenvalue weighted by molar-refractivity contribution is 7.04. The Bertz CT molecular complexity index is 298. The van der Waals surface area contributed by atoms with Crippen LogP contribution >= 0.6 is 11.5 Å². The molecular formula is C8H12N2OS. The van der Waals surface area contributed by atoms with Crippen molar-refractivity contribution in [2.45, 2.75) is 26.2 Å². The van der Waals surface area contributed by atoms with Crippen LogP contribution in [0.25, 0.3) is 0 Å². The molecule has 4 heteroatoms. The van der Waals surface area contributed by atoms with Gasteiger partial charge in [-0.3, -0.25) is 4.79 Å². The molecule has 0 unspecified atom stereocenters. The minimum atomic E-state index is -0.395. The van der Waals surface area contributed by atoms with Crippen LogP contribution in [0.2, 0.25) is 0 Å². The normalized spacial score (nSPS) is 11.6. The maximum absolute atomic E-state index is 10.9. The first-order valence-corrected chi connectivity index (χ1v) is 4.51. The smallest absolute Gasteiger partial charge is 0.251 e. The molecule has 0 aliphatic heterocycles. The Morgan fingerprint density at radius 1 is 1.58 bits per heavy atom. The number of nitrogens with two attached hydrogens (primary N) is 1. The predicted octanol–water partition coefficient (Wildman–Crippen LogP) is 1.54. The van der Waals surface area contributed by atoms with Crippen LogP contribution in [0.3, 0.4) is 0 Å². The van der Waals surface area contributed by atoms with E-state index < -0.39 is 5.91 Å². The molecule has 0 aromatic carbocycles. The van der Waals surface area contributed by atoms with E-state index in [1.54, 1.807) is 5.38 Å². The van der Waals surface area contributed by atoms with Crippen molar-refractivity contribution in [3.63, 3.8) is 0 Å². The average Bonchev–Trinajstić information content (AvgIpc) is 2.30. The molecule has 0 spiro atoms. The van der Waals surface area contributed by atoms with Gasteiger partial charge in [0.05, 0.1) is 11.3 Å². The lowest BCUT2D eigenvalue weighted by molar-refractivity contribution is 0.0998. The fraction of sp³-hybridized carbons (Fsp3) is 0.500. The van der Waals surface area contributed by atoms with Crippen molar-refractivity contribution in [3.05, 3.63) is 16.6 Å². The van der Waals surface area contributed by atoms with Crippen LogP contribution in [0, 0.1) is 0 Å². The molecule has 3 nitrogen and oxygen atoms in total. The molecule has 0 aliphatic rings. The van der Waals surface area contributed by atoms with Gasteiger partial charge in [-0.15, -0.1) is 0 Å². The number of hydrogen-bond donors (Lipinski definition) is 1. The summed E-state index contributed by atoms with van der Waals surface area (Å²) in [5, 5.41) is 1.70. The Balaban J connectivity index is 3.17. The lowest BCUT2D eigenvalue weighted by atomic mass is 9.89. The van der Waals surface area contributed by atoms with Gasteiger partial charge in [0.2, 0.25) is 0 Å². The van der Waals surface area contributed by atoms with Crippen LogP contribution in [0.15, 0.2) is 5.38 Å². The number of primary amides is 1. The van der Waals surface area contributed by atoms with Crippen LogP contribution < -0.4 is 5.73 Å². The highest BCUT2D eigenvalue weighted by Gasteiger charge is 2.23. The van der Waals surface area contributed by atoms with Gasteiger partial charge in [0.25, 0.3) is 5.91 Å². The Kier molecular flexibility index (Phi) is 2.19. The van der Waals surface area contributed by atoms with Gasteiger partial charge in [0.1, 0.15) is 0 Å². The molecule has 1 aromatic rings. The number of carbonyl (C=O) groups excluding carboxylic acids is 1. The Hall–Kier alpha value is -0.900. The minimum absolute atomic E-state index is 0.107. The molecule has 0 aliphatic carbocycles. The Morgan fingerprint density at radius 2 is 2.17 bits per heavy atom. The molecule has 0 radical (unpaired) electrons. The average molecular weight is 184 g/mol. The fourth-order valence-corrected chi connectivity index (χ4v) is 1.82. The summed E-state index contributed by atoms with van der Waals surface area (Å²) in [5.74, 6) is -0.395. The van der Waals surface area contributed by atoms with Gasteiger partial charge in [-0.25, -0.2) is 0 Å². The molecule has 12 heavy (non-hydrogen) atoms. The van der Waals surface area contributed by atoms with Crippen molar-refractivity contribution in [3.8, 4) is 0 Å². The zero-order valence-electron chi connectivity index (χ0n) is 7.42. The standard InChI is InChI=1S/C8H12N2OS/c1-8(2,3)6-5(7(9)11)4-12-10-6/h4H,1-3H3,(H2,9,11). The number of aromatic nitrogens is 1. The van der Waals surface area contributed by atoms with E-state index in [1.165, 1.54) is 11.5 Å². The van der Waals surface area contributed by atoms with Gasteiger partial charge in [0, 0.05) is 10.8 Å². The molecular weight excluding hydrogens is 172 g/mol. The monoisotopic (exact) mass is 184 g/mol. The summed E-state index contributed by atoms with van der Waals surface area (Å²) in [4.78, 5) is 10.9. The van der Waals surface area contributed by atoms with Gasteiger partial charge in [-0.1, -0.05) is 20.8 Å². The summed E-state index contributed by atoms with van der Waals surface area (Å²) >= 11 is 1.27. The number of carbonyl (C=O) groups is 1. The fourth-order valence-electron chi connectivity index (χ4n) is 0.952. The summed E-state index contributed by atoms with van der Waals surface area (Å²) in [6, 6.07) is 0. The number of nitrogens with zero attached hydrogens (tertiary/aromatic N) is 1. The second-order valence-corrected chi connectivity index (χ2v) is 4.32. The largest absolute Gasteiger partial charge is 0.366 e. The first-order valence-electron chi connectivity index (χ1n) is 3.67. The molecule has 0 fully saturated rings. The molecule has 2 N–H and O–H groups in total. The Labute approximate surface area is 75.8 Å². The summed E-state index contributed by atoms with van der Waals surface area (Å²) < 4.78 is 4.15. The molecule has 1 aromatic heterocycles. The second-order valence-electron chi connectivity index (χ2n) is 3.69. The highest BCUT2D eigenvalue weighted by atomic mass is 32.1. The van der Waals surface area contributed by atoms with Gasteiger partial charge in [-0.2, -0.15) is 4.37 Å². The molecule has 0 atom stereocenters. The maximum Gasteiger partial charge on any atom is 0.251 e. The lowest BCUT2D eigenvalue weighted by Crippen LogP contribution is -2.20. The molecule has 1 rings (SSSR count). The van der Waals surface area contributed by atoms with E-state index in [1.807, 2.05) is 20.8 Å². The number of amides is 1. The van der Waals surface area contributed by atoms with Crippen LogP contribution in [-0.4, -0.2) is 10.3 Å². The topological polar surface area (TPSA) is 56.0 Å². The van der Waals surface area contributed by atoms with Crippen molar-refractivity contribution in [2.75, 3.05) is 0 Å². The predicted molar refractivity (Wildman–Crippen MR) is 49.3 cm³/mol. The molecule has 0 bridgehead atoms. The Morgan fingerprint density at radius 3 is 2.50 bits per heavy atom. The van der Waals surface area contributed by atoms with E-state index >= 15 is 0 Å².